The Kier molecular flexibility index (Phi) is 9.53. The zero-order valence-corrected chi connectivity index (χ0v) is 8.27. The van der Waals surface area contributed by atoms with Crippen molar-refractivity contribution >= 4 is 23.1 Å². The predicted octanol–water partition coefficient (Wildman–Crippen LogP) is -1.33. The van der Waals surface area contributed by atoms with E-state index in [2.05, 4.69) is 25.1 Å². The molecule has 0 unspecified atom stereocenters. The maximum absolute atomic E-state index is 2.97. The van der Waals surface area contributed by atoms with Crippen LogP contribution in [-0.2, 0) is 6.42 Å². The van der Waals surface area contributed by atoms with Gasteiger partial charge in [-0.3, -0.25) is 0 Å². The fourth-order valence-electron chi connectivity index (χ4n) is 0.657. The van der Waals surface area contributed by atoms with Crippen LogP contribution in [0.4, 0.5) is 0 Å². The molecule has 10 heavy (non-hydrogen) atoms. The predicted molar refractivity (Wildman–Crippen MR) is 40.4 cm³/mol. The third kappa shape index (κ3) is 4.15. The van der Waals surface area contributed by atoms with Gasteiger partial charge in [-0.25, -0.2) is 0 Å². The van der Waals surface area contributed by atoms with Crippen LogP contribution in [0.5, 0.6) is 0 Å². The van der Waals surface area contributed by atoms with Crippen molar-refractivity contribution in [1.29, 1.82) is 0 Å². The van der Waals surface area contributed by atoms with Crippen LogP contribution >= 0.6 is 0 Å². The van der Waals surface area contributed by atoms with Crippen molar-refractivity contribution in [2.24, 2.45) is 0 Å². The van der Waals surface area contributed by atoms with Crippen LogP contribution in [0.15, 0.2) is 24.3 Å². The Hall–Kier alpha value is 0.276. The third-order valence-electron chi connectivity index (χ3n) is 1.20. The topological polar surface area (TPSA) is 0 Å². The molecule has 0 radical (unpaired) electrons. The zero-order valence-electron chi connectivity index (χ0n) is 6.10. The number of aryl methyl sites for hydroxylation is 1. The van der Waals surface area contributed by atoms with Gasteiger partial charge in [0, 0.05) is 0 Å². The normalized spacial score (nSPS) is 7.30. The van der Waals surface area contributed by atoms with E-state index in [4.69, 9.17) is 0 Å². The van der Waals surface area contributed by atoms with E-state index < -0.39 is 0 Å². The summed E-state index contributed by atoms with van der Waals surface area (Å²) in [4.78, 5) is 0. The molecule has 1 aromatic carbocycles. The minimum atomic E-state index is 0. The summed E-state index contributed by atoms with van der Waals surface area (Å²) in [6.45, 7) is 2.15. The van der Waals surface area contributed by atoms with Gasteiger partial charge in [0.1, 0.15) is 0 Å². The Labute approximate surface area is 84.6 Å². The summed E-state index contributed by atoms with van der Waals surface area (Å²) in [7, 11) is 0. The van der Waals surface area contributed by atoms with Crippen molar-refractivity contribution < 1.29 is 12.4 Å². The van der Waals surface area contributed by atoms with E-state index >= 15 is 0 Å². The molecule has 0 saturated heterocycles. The average molecular weight is 165 g/mol. The molecular weight excluding hydrogens is 156 g/mol. The Morgan fingerprint density at radius 2 is 1.80 bits per heavy atom. The Morgan fingerprint density at radius 3 is 2.10 bits per heavy atom. The summed E-state index contributed by atoms with van der Waals surface area (Å²) in [5.41, 5.74) is 1.38. The fraction of sp³-hybridized carbons (Fsp3) is 0.250. The number of rotatable bonds is 1. The SMILES string of the molecule is CCc1cc[c-]cc1.[Cl-].[Mg+2]. The minimum Gasteiger partial charge on any atom is -1.00 e. The van der Waals surface area contributed by atoms with E-state index in [1.165, 1.54) is 5.56 Å². The van der Waals surface area contributed by atoms with E-state index in [1.807, 2.05) is 12.1 Å². The first kappa shape index (κ1) is 12.9. The number of benzene rings is 1. The van der Waals surface area contributed by atoms with Crippen LogP contribution in [0.2, 0.25) is 0 Å². The van der Waals surface area contributed by atoms with Crippen molar-refractivity contribution in [3.05, 3.63) is 35.9 Å². The Balaban J connectivity index is 0. The van der Waals surface area contributed by atoms with Crippen LogP contribution in [0.25, 0.3) is 0 Å². The van der Waals surface area contributed by atoms with Gasteiger partial charge < -0.3 is 12.4 Å². The number of halogens is 1. The van der Waals surface area contributed by atoms with Crippen LogP contribution in [-0.4, -0.2) is 23.1 Å². The second-order valence-corrected chi connectivity index (χ2v) is 1.76. The van der Waals surface area contributed by atoms with Gasteiger partial charge in [0.15, 0.2) is 0 Å². The Morgan fingerprint density at radius 1 is 1.30 bits per heavy atom. The largest absolute Gasteiger partial charge is 2.00 e. The first-order valence-electron chi connectivity index (χ1n) is 2.88. The summed E-state index contributed by atoms with van der Waals surface area (Å²) in [5, 5.41) is 0. The molecule has 0 spiro atoms. The molecule has 1 rings (SSSR count). The van der Waals surface area contributed by atoms with Gasteiger partial charge in [-0.2, -0.15) is 35.9 Å². The van der Waals surface area contributed by atoms with E-state index in [0.717, 1.165) is 6.42 Å². The summed E-state index contributed by atoms with van der Waals surface area (Å²) >= 11 is 0. The molecule has 0 aliphatic heterocycles. The van der Waals surface area contributed by atoms with Crippen molar-refractivity contribution in [1.82, 2.24) is 0 Å². The van der Waals surface area contributed by atoms with Crippen molar-refractivity contribution in [2.75, 3.05) is 0 Å². The molecule has 0 aromatic heterocycles. The number of hydrogen-bond donors (Lipinski definition) is 0. The second-order valence-electron chi connectivity index (χ2n) is 1.76. The third-order valence-corrected chi connectivity index (χ3v) is 1.20. The van der Waals surface area contributed by atoms with Gasteiger partial charge in [0.05, 0.1) is 0 Å². The first-order valence-corrected chi connectivity index (χ1v) is 2.88. The molecule has 0 N–H and O–H groups in total. The van der Waals surface area contributed by atoms with E-state index in [1.54, 1.807) is 0 Å². The molecule has 0 bridgehead atoms. The first-order chi connectivity index (χ1) is 3.93. The van der Waals surface area contributed by atoms with Crippen molar-refractivity contribution in [2.45, 2.75) is 13.3 Å². The van der Waals surface area contributed by atoms with Crippen LogP contribution < -0.4 is 12.4 Å². The van der Waals surface area contributed by atoms with Gasteiger partial charge in [-0.05, 0) is 0 Å². The smallest absolute Gasteiger partial charge is 1.00 e. The quantitative estimate of drug-likeness (QED) is 0.357. The maximum Gasteiger partial charge on any atom is 2.00 e. The molecule has 0 nitrogen and oxygen atoms in total. The average Bonchev–Trinajstić information content (AvgIpc) is 1.90. The standard InChI is InChI=1S/C8H9.ClH.Mg/c1-2-8-6-4-3-5-7-8;;/h4-7H,2H2,1H3;1H;/q-1;;+2/p-1. The molecule has 0 aliphatic carbocycles. The summed E-state index contributed by atoms with van der Waals surface area (Å²) in [6.07, 6.45) is 1.12. The van der Waals surface area contributed by atoms with E-state index in [9.17, 15) is 0 Å². The molecule has 1 aromatic rings. The molecule has 0 aliphatic rings. The molecule has 0 fully saturated rings. The van der Waals surface area contributed by atoms with Crippen molar-refractivity contribution in [3.8, 4) is 0 Å². The molecule has 0 amide bonds. The summed E-state index contributed by atoms with van der Waals surface area (Å²) in [5.74, 6) is 0. The molecule has 50 valence electrons. The van der Waals surface area contributed by atoms with Gasteiger partial charge >= 0.3 is 23.1 Å². The zero-order chi connectivity index (χ0) is 5.82. The van der Waals surface area contributed by atoms with Crippen LogP contribution in [0, 0.1) is 6.07 Å². The van der Waals surface area contributed by atoms with Crippen LogP contribution in [0.3, 0.4) is 0 Å². The number of hydrogen-bond acceptors (Lipinski definition) is 0. The van der Waals surface area contributed by atoms with Gasteiger partial charge in [-0.15, -0.1) is 0 Å². The fourth-order valence-corrected chi connectivity index (χ4v) is 0.657. The monoisotopic (exact) mass is 164 g/mol. The second kappa shape index (κ2) is 7.38. The Bertz CT molecular complexity index is 151. The molecule has 2 heteroatoms. The van der Waals surface area contributed by atoms with Gasteiger partial charge in [0.25, 0.3) is 0 Å². The van der Waals surface area contributed by atoms with E-state index in [-0.39, 0.29) is 35.5 Å². The maximum atomic E-state index is 2.97. The molecule has 0 heterocycles. The van der Waals surface area contributed by atoms with Crippen molar-refractivity contribution in [3.63, 3.8) is 0 Å². The van der Waals surface area contributed by atoms with Gasteiger partial charge in [0.2, 0.25) is 0 Å². The van der Waals surface area contributed by atoms with Gasteiger partial charge in [-0.1, -0.05) is 13.3 Å². The summed E-state index contributed by atoms with van der Waals surface area (Å²) in [6, 6.07) is 11.0. The minimum absolute atomic E-state index is 0. The van der Waals surface area contributed by atoms with Crippen LogP contribution in [0.1, 0.15) is 12.5 Å². The summed E-state index contributed by atoms with van der Waals surface area (Å²) < 4.78 is 0. The molecular formula is C8H9ClMg. The molecule has 0 saturated carbocycles. The van der Waals surface area contributed by atoms with E-state index in [0.29, 0.717) is 0 Å². The molecule has 0 atom stereocenters.